The zero-order valence-corrected chi connectivity index (χ0v) is 13.4. The molecule has 0 aliphatic heterocycles. The van der Waals surface area contributed by atoms with Crippen molar-refractivity contribution in [3.05, 3.63) is 46.9 Å². The molecule has 8 heteroatoms. The molecule has 0 saturated carbocycles. The van der Waals surface area contributed by atoms with Gasteiger partial charge in [-0.05, 0) is 48.2 Å². The number of fused-ring (bicyclic) bond motifs is 1. The Kier molecular flexibility index (Phi) is 4.16. The van der Waals surface area contributed by atoms with Crippen LogP contribution in [0.4, 0.5) is 5.69 Å². The van der Waals surface area contributed by atoms with Gasteiger partial charge in [-0.2, -0.15) is 0 Å². The van der Waals surface area contributed by atoms with Gasteiger partial charge < -0.3 is 5.32 Å². The summed E-state index contributed by atoms with van der Waals surface area (Å²) in [5.41, 5.74) is 1.01. The summed E-state index contributed by atoms with van der Waals surface area (Å²) in [4.78, 5) is 28.2. The van der Waals surface area contributed by atoms with E-state index in [1.807, 2.05) is 30.3 Å². The van der Waals surface area contributed by atoms with Crippen LogP contribution in [0.2, 0.25) is 0 Å². The van der Waals surface area contributed by atoms with E-state index in [9.17, 15) is 9.59 Å². The Bertz CT molecular complexity index is 913. The lowest BCUT2D eigenvalue weighted by Crippen LogP contribution is -2.35. The highest BCUT2D eigenvalue weighted by Gasteiger charge is 2.25. The first-order valence-electron chi connectivity index (χ1n) is 6.95. The molecule has 2 N–H and O–H groups in total. The number of rotatable bonds is 4. The van der Waals surface area contributed by atoms with Crippen LogP contribution in [0, 0.1) is 0 Å². The zero-order valence-electron chi connectivity index (χ0n) is 12.6. The minimum Gasteiger partial charge on any atom is -0.324 e. The first-order chi connectivity index (χ1) is 11.1. The fraction of sp³-hybridized carbons (Fsp3) is 0.200. The van der Waals surface area contributed by atoms with Gasteiger partial charge in [0.25, 0.3) is 0 Å². The van der Waals surface area contributed by atoms with Gasteiger partial charge in [0.1, 0.15) is 0 Å². The SMILES string of the molecule is CC(Sc1c(=O)o[nH][n+]1C)C(=O)Nc1cccc2ncccc12. The number of benzene rings is 1. The summed E-state index contributed by atoms with van der Waals surface area (Å²) in [6.07, 6.45) is 1.71. The van der Waals surface area contributed by atoms with Gasteiger partial charge in [0.05, 0.1) is 16.5 Å². The summed E-state index contributed by atoms with van der Waals surface area (Å²) >= 11 is 1.13. The Morgan fingerprint density at radius 2 is 2.22 bits per heavy atom. The second-order valence-electron chi connectivity index (χ2n) is 4.97. The van der Waals surface area contributed by atoms with E-state index in [0.717, 1.165) is 22.7 Å². The maximum atomic E-state index is 12.4. The van der Waals surface area contributed by atoms with Crippen LogP contribution in [0.3, 0.4) is 0 Å². The van der Waals surface area contributed by atoms with Gasteiger partial charge in [-0.3, -0.25) is 14.3 Å². The van der Waals surface area contributed by atoms with Gasteiger partial charge in [-0.15, -0.1) is 0 Å². The third-order valence-corrected chi connectivity index (χ3v) is 4.55. The summed E-state index contributed by atoms with van der Waals surface area (Å²) in [6.45, 7) is 1.73. The number of carbonyl (C=O) groups is 1. The lowest BCUT2D eigenvalue weighted by Gasteiger charge is -2.11. The Labute approximate surface area is 135 Å². The molecule has 1 atom stereocenters. The van der Waals surface area contributed by atoms with Crippen molar-refractivity contribution < 1.29 is 14.0 Å². The lowest BCUT2D eigenvalue weighted by atomic mass is 10.2. The number of hydrogen-bond donors (Lipinski definition) is 2. The van der Waals surface area contributed by atoms with Crippen molar-refractivity contribution in [2.75, 3.05) is 5.32 Å². The number of H-pyrrole nitrogens is 1. The second kappa shape index (κ2) is 6.25. The first-order valence-corrected chi connectivity index (χ1v) is 7.83. The molecule has 0 fully saturated rings. The summed E-state index contributed by atoms with van der Waals surface area (Å²) in [5, 5.41) is 6.05. The largest absolute Gasteiger partial charge is 0.441 e. The van der Waals surface area contributed by atoms with Crippen LogP contribution < -0.4 is 15.6 Å². The molecule has 3 aromatic rings. The van der Waals surface area contributed by atoms with Gasteiger partial charge in [0, 0.05) is 11.6 Å². The second-order valence-corrected chi connectivity index (χ2v) is 6.30. The Morgan fingerprint density at radius 1 is 1.39 bits per heavy atom. The van der Waals surface area contributed by atoms with Gasteiger partial charge in [-0.25, -0.2) is 4.79 Å². The number of aromatic amines is 1. The smallest absolute Gasteiger partial charge is 0.324 e. The number of aromatic nitrogens is 3. The zero-order chi connectivity index (χ0) is 16.4. The Morgan fingerprint density at radius 3 is 2.96 bits per heavy atom. The minimum atomic E-state index is -0.494. The minimum absolute atomic E-state index is 0.202. The van der Waals surface area contributed by atoms with Crippen molar-refractivity contribution in [3.63, 3.8) is 0 Å². The molecule has 0 saturated heterocycles. The van der Waals surface area contributed by atoms with Crippen molar-refractivity contribution in [1.29, 1.82) is 0 Å². The average molecular weight is 331 g/mol. The highest BCUT2D eigenvalue weighted by molar-refractivity contribution is 8.00. The summed E-state index contributed by atoms with van der Waals surface area (Å²) in [6, 6.07) is 9.26. The quantitative estimate of drug-likeness (QED) is 0.558. The molecule has 2 heterocycles. The van der Waals surface area contributed by atoms with Crippen molar-refractivity contribution in [3.8, 4) is 0 Å². The van der Waals surface area contributed by atoms with Gasteiger partial charge in [0.15, 0.2) is 7.05 Å². The fourth-order valence-corrected chi connectivity index (χ4v) is 2.96. The predicted octanol–water partition coefficient (Wildman–Crippen LogP) is 1.46. The lowest BCUT2D eigenvalue weighted by molar-refractivity contribution is -0.772. The van der Waals surface area contributed by atoms with E-state index in [0.29, 0.717) is 10.7 Å². The van der Waals surface area contributed by atoms with E-state index < -0.39 is 10.9 Å². The Balaban J connectivity index is 1.79. The summed E-state index contributed by atoms with van der Waals surface area (Å²) in [5.74, 6) is -0.202. The van der Waals surface area contributed by atoms with E-state index in [2.05, 4.69) is 20.1 Å². The summed E-state index contributed by atoms with van der Waals surface area (Å²) in [7, 11) is 1.65. The third kappa shape index (κ3) is 3.11. The number of nitrogens with zero attached hydrogens (tertiary/aromatic N) is 2. The van der Waals surface area contributed by atoms with Gasteiger partial charge in [-0.1, -0.05) is 10.7 Å². The van der Waals surface area contributed by atoms with Crippen molar-refractivity contribution in [2.24, 2.45) is 7.05 Å². The number of carbonyl (C=O) groups excluding carboxylic acids is 1. The molecule has 1 unspecified atom stereocenters. The number of thioether (sulfide) groups is 1. The molecule has 0 bridgehead atoms. The number of hydrogen-bond acceptors (Lipinski definition) is 5. The van der Waals surface area contributed by atoms with Crippen LogP contribution in [0.25, 0.3) is 10.9 Å². The molecule has 1 amide bonds. The molecule has 0 aliphatic rings. The standard InChI is InChI=1S/C15H14N4O3S/c1-9(23-14-15(21)22-18-19(14)2)13(20)17-12-7-3-6-11-10(12)5-4-8-16-11/h3-9H,1-2H3,(H-,16,17,18,20,21)/p+1. The highest BCUT2D eigenvalue weighted by atomic mass is 32.2. The number of nitrogens with one attached hydrogen (secondary N) is 2. The van der Waals surface area contributed by atoms with Crippen molar-refractivity contribution >= 4 is 34.3 Å². The van der Waals surface area contributed by atoms with Crippen molar-refractivity contribution in [1.82, 2.24) is 10.3 Å². The monoisotopic (exact) mass is 331 g/mol. The molecule has 0 aliphatic carbocycles. The number of pyridine rings is 1. The van der Waals surface area contributed by atoms with Crippen LogP contribution in [-0.2, 0) is 11.8 Å². The van der Waals surface area contributed by atoms with Crippen molar-refractivity contribution in [2.45, 2.75) is 17.2 Å². The first kappa shape index (κ1) is 15.3. The molecule has 7 nitrogen and oxygen atoms in total. The molecule has 2 aromatic heterocycles. The molecule has 3 rings (SSSR count). The van der Waals surface area contributed by atoms with E-state index in [1.54, 1.807) is 20.2 Å². The van der Waals surface area contributed by atoms with Gasteiger partial charge in [0.2, 0.25) is 5.91 Å². The van der Waals surface area contributed by atoms with E-state index in [1.165, 1.54) is 4.68 Å². The molecular formula is C15H15N4O3S+. The number of anilines is 1. The highest BCUT2D eigenvalue weighted by Crippen LogP contribution is 2.23. The average Bonchev–Trinajstić information content (AvgIpc) is 2.87. The maximum Gasteiger partial charge on any atom is 0.441 e. The molecular weight excluding hydrogens is 316 g/mol. The van der Waals surface area contributed by atoms with Crippen LogP contribution in [0.1, 0.15) is 6.92 Å². The molecule has 0 spiro atoms. The van der Waals surface area contributed by atoms with E-state index in [-0.39, 0.29) is 5.91 Å². The van der Waals surface area contributed by atoms with Crippen LogP contribution in [-0.4, -0.2) is 21.4 Å². The van der Waals surface area contributed by atoms with Crippen LogP contribution in [0.15, 0.2) is 50.9 Å². The molecule has 1 aromatic carbocycles. The molecule has 23 heavy (non-hydrogen) atoms. The fourth-order valence-electron chi connectivity index (χ4n) is 2.13. The number of aryl methyl sites for hydroxylation is 1. The predicted molar refractivity (Wildman–Crippen MR) is 86.2 cm³/mol. The molecule has 0 radical (unpaired) electrons. The normalized spacial score (nSPS) is 12.3. The third-order valence-electron chi connectivity index (χ3n) is 3.32. The molecule has 118 valence electrons. The van der Waals surface area contributed by atoms with Crippen LogP contribution in [0.5, 0.6) is 0 Å². The van der Waals surface area contributed by atoms with Gasteiger partial charge >= 0.3 is 10.7 Å². The summed E-state index contributed by atoms with van der Waals surface area (Å²) < 4.78 is 6.12. The van der Waals surface area contributed by atoms with E-state index >= 15 is 0 Å². The van der Waals surface area contributed by atoms with Crippen LogP contribution >= 0.6 is 11.8 Å². The maximum absolute atomic E-state index is 12.4. The van der Waals surface area contributed by atoms with E-state index in [4.69, 9.17) is 0 Å². The topological polar surface area (TPSA) is 91.9 Å². The number of amides is 1. The Hall–Kier alpha value is -2.61.